The molecule has 0 saturated heterocycles. The zero-order chi connectivity index (χ0) is 41.6. The first-order chi connectivity index (χ1) is 29.8. The minimum Gasteiger partial charge on any atom is -0.311 e. The number of fused-ring (bicyclic) bond motifs is 3. The maximum Gasteiger partial charge on any atom is 0.0629 e. The van der Waals surface area contributed by atoms with Gasteiger partial charge in [-0.2, -0.15) is 0 Å². The summed E-state index contributed by atoms with van der Waals surface area (Å²) < 4.78 is 43.3. The van der Waals surface area contributed by atoms with Crippen LogP contribution in [-0.2, 0) is 0 Å². The smallest absolute Gasteiger partial charge is 0.0629 e. The van der Waals surface area contributed by atoms with Gasteiger partial charge in [-0.25, -0.2) is 0 Å². The summed E-state index contributed by atoms with van der Waals surface area (Å²) >= 11 is 0. The van der Waals surface area contributed by atoms with Crippen molar-refractivity contribution in [1.29, 1.82) is 0 Å². The molecular formula is C54H38N2. The molecule has 10 rings (SSSR count). The van der Waals surface area contributed by atoms with Gasteiger partial charge in [0.05, 0.1) is 17.9 Å². The van der Waals surface area contributed by atoms with Crippen LogP contribution in [0.25, 0.3) is 72.0 Å². The van der Waals surface area contributed by atoms with Crippen molar-refractivity contribution in [2.75, 3.05) is 4.90 Å². The second-order valence-electron chi connectivity index (χ2n) is 13.8. The highest BCUT2D eigenvalue weighted by Gasteiger charge is 2.15. The third-order valence-electron chi connectivity index (χ3n) is 10.5. The van der Waals surface area contributed by atoms with Crippen LogP contribution in [0, 0.1) is 0 Å². The number of hydrogen-bond donors (Lipinski definition) is 0. The fraction of sp³-hybridized carbons (Fsp3) is 0. The number of benzene rings is 9. The summed E-state index contributed by atoms with van der Waals surface area (Å²) in [5.41, 5.74) is 13.8. The Morgan fingerprint density at radius 3 is 1.23 bits per heavy atom. The number of rotatable bonds is 8. The SMILES string of the molecule is [2H]c1c([2H])c([2H])c(-c2ccc(-c3ccc(N(c4ccc(-c5ccccc5)cc4)c4ccc(-c5cccc(-n6c7ccccc7c7ccccc76)c5)cc4)cc3)cc2)c([2H])c1[2H]. The summed E-state index contributed by atoms with van der Waals surface area (Å²) in [7, 11) is 0. The molecular weight excluding hydrogens is 677 g/mol. The molecule has 0 spiro atoms. The van der Waals surface area contributed by atoms with Crippen LogP contribution in [0.2, 0.25) is 0 Å². The van der Waals surface area contributed by atoms with Crippen LogP contribution in [-0.4, -0.2) is 4.57 Å². The van der Waals surface area contributed by atoms with Gasteiger partial charge in [-0.15, -0.1) is 0 Å². The fourth-order valence-electron chi connectivity index (χ4n) is 7.74. The Kier molecular flexibility index (Phi) is 7.24. The van der Waals surface area contributed by atoms with E-state index in [9.17, 15) is 0 Å². The number of nitrogens with zero attached hydrogens (tertiary/aromatic N) is 2. The van der Waals surface area contributed by atoms with E-state index in [4.69, 9.17) is 6.85 Å². The zero-order valence-electron chi connectivity index (χ0n) is 35.4. The monoisotopic (exact) mass is 719 g/mol. The average molecular weight is 720 g/mol. The van der Waals surface area contributed by atoms with E-state index >= 15 is 0 Å². The Balaban J connectivity index is 0.989. The molecule has 0 radical (unpaired) electrons. The Labute approximate surface area is 334 Å². The third kappa shape index (κ3) is 6.24. The van der Waals surface area contributed by atoms with Gasteiger partial charge in [0.2, 0.25) is 0 Å². The average Bonchev–Trinajstić information content (AvgIpc) is 3.66. The molecule has 10 aromatic rings. The van der Waals surface area contributed by atoms with Crippen LogP contribution < -0.4 is 4.90 Å². The van der Waals surface area contributed by atoms with E-state index in [2.05, 4.69) is 179 Å². The Morgan fingerprint density at radius 2 is 0.714 bits per heavy atom. The molecule has 0 aliphatic rings. The van der Waals surface area contributed by atoms with Gasteiger partial charge < -0.3 is 9.47 Å². The summed E-state index contributed by atoms with van der Waals surface area (Å²) in [5, 5.41) is 2.48. The van der Waals surface area contributed by atoms with Crippen molar-refractivity contribution >= 4 is 38.9 Å². The van der Waals surface area contributed by atoms with Crippen LogP contribution in [0.3, 0.4) is 0 Å². The lowest BCUT2D eigenvalue weighted by Crippen LogP contribution is -2.09. The van der Waals surface area contributed by atoms with E-state index in [0.717, 1.165) is 56.1 Å². The maximum atomic E-state index is 8.41. The molecule has 1 heterocycles. The normalized spacial score (nSPS) is 12.5. The van der Waals surface area contributed by atoms with Crippen molar-refractivity contribution in [3.8, 4) is 50.2 Å². The van der Waals surface area contributed by atoms with E-state index < -0.39 is 6.04 Å². The highest BCUT2D eigenvalue weighted by Crippen LogP contribution is 2.39. The minimum atomic E-state index is -0.395. The van der Waals surface area contributed by atoms with Crippen molar-refractivity contribution in [3.05, 3.63) is 230 Å². The van der Waals surface area contributed by atoms with Crippen LogP contribution in [0.15, 0.2) is 230 Å². The van der Waals surface area contributed by atoms with Crippen LogP contribution in [0.5, 0.6) is 0 Å². The van der Waals surface area contributed by atoms with Crippen LogP contribution in [0.4, 0.5) is 17.1 Å². The molecule has 0 atom stereocenters. The number of hydrogen-bond acceptors (Lipinski definition) is 1. The van der Waals surface area contributed by atoms with Gasteiger partial charge in [0, 0.05) is 33.5 Å². The third-order valence-corrected chi connectivity index (χ3v) is 10.5. The summed E-state index contributed by atoms with van der Waals surface area (Å²) in [5.74, 6) is 0. The lowest BCUT2D eigenvalue weighted by atomic mass is 10.00. The van der Waals surface area contributed by atoms with Crippen molar-refractivity contribution in [1.82, 2.24) is 4.57 Å². The molecule has 0 saturated carbocycles. The molecule has 0 unspecified atom stereocenters. The van der Waals surface area contributed by atoms with Gasteiger partial charge >= 0.3 is 0 Å². The Hall–Kier alpha value is -7.42. The molecule has 56 heavy (non-hydrogen) atoms. The zero-order valence-corrected chi connectivity index (χ0v) is 30.4. The molecule has 0 amide bonds. The summed E-state index contributed by atoms with van der Waals surface area (Å²) in [4.78, 5) is 2.26. The Morgan fingerprint density at radius 1 is 0.321 bits per heavy atom. The predicted octanol–water partition coefficient (Wildman–Crippen LogP) is 14.9. The molecule has 1 aromatic heterocycles. The lowest BCUT2D eigenvalue weighted by molar-refractivity contribution is 1.18. The van der Waals surface area contributed by atoms with Crippen molar-refractivity contribution in [2.45, 2.75) is 0 Å². The quantitative estimate of drug-likeness (QED) is 0.152. The molecule has 9 aromatic carbocycles. The van der Waals surface area contributed by atoms with Crippen LogP contribution in [0.1, 0.15) is 6.85 Å². The van der Waals surface area contributed by atoms with Crippen molar-refractivity contribution < 1.29 is 6.85 Å². The largest absolute Gasteiger partial charge is 0.311 e. The maximum absolute atomic E-state index is 8.41. The molecule has 0 bridgehead atoms. The van der Waals surface area contributed by atoms with E-state index in [1.807, 2.05) is 30.3 Å². The van der Waals surface area contributed by atoms with E-state index in [-0.39, 0.29) is 29.7 Å². The highest BCUT2D eigenvalue weighted by molar-refractivity contribution is 6.09. The standard InChI is InChI=1S/C54H38N2/c1-3-12-39(13-4-1)41-22-24-42(25-23-41)44-28-34-48(35-29-44)55(47-32-26-43(27-33-47)40-14-5-2-6-15-40)49-36-30-45(31-37-49)46-16-11-17-50(38-46)56-53-20-9-7-18-51(53)52-19-8-10-21-54(52)56/h1-38H/i1D,3D,4D,12D,13D. The summed E-state index contributed by atoms with van der Waals surface area (Å²) in [6.45, 7) is 0. The first-order valence-corrected chi connectivity index (χ1v) is 18.8. The van der Waals surface area contributed by atoms with E-state index in [1.165, 1.54) is 21.8 Å². The molecule has 2 nitrogen and oxygen atoms in total. The number of para-hydroxylation sites is 2. The van der Waals surface area contributed by atoms with Gasteiger partial charge in [-0.1, -0.05) is 170 Å². The molecule has 0 fully saturated rings. The van der Waals surface area contributed by atoms with E-state index in [0.29, 0.717) is 5.56 Å². The van der Waals surface area contributed by atoms with Crippen molar-refractivity contribution in [2.24, 2.45) is 0 Å². The first-order valence-electron chi connectivity index (χ1n) is 21.3. The van der Waals surface area contributed by atoms with Crippen LogP contribution >= 0.6 is 0 Å². The lowest BCUT2D eigenvalue weighted by Gasteiger charge is -2.26. The topological polar surface area (TPSA) is 8.17 Å². The van der Waals surface area contributed by atoms with Gasteiger partial charge in [-0.3, -0.25) is 0 Å². The predicted molar refractivity (Wildman–Crippen MR) is 237 cm³/mol. The van der Waals surface area contributed by atoms with Gasteiger partial charge in [0.1, 0.15) is 0 Å². The minimum absolute atomic E-state index is 0.198. The first kappa shape index (κ1) is 28.1. The molecule has 2 heteroatoms. The summed E-state index contributed by atoms with van der Waals surface area (Å²) in [6, 6.07) is 68.1. The fourth-order valence-corrected chi connectivity index (χ4v) is 7.74. The van der Waals surface area contributed by atoms with Gasteiger partial charge in [-0.05, 0) is 105 Å². The molecule has 0 N–H and O–H groups in total. The second-order valence-corrected chi connectivity index (χ2v) is 13.8. The number of aromatic nitrogens is 1. The number of anilines is 3. The van der Waals surface area contributed by atoms with Crippen molar-refractivity contribution in [3.63, 3.8) is 0 Å². The summed E-state index contributed by atoms with van der Waals surface area (Å²) in [6.07, 6.45) is 0. The van der Waals surface area contributed by atoms with E-state index in [1.54, 1.807) is 0 Å². The molecule has 0 aliphatic heterocycles. The molecule has 264 valence electrons. The highest BCUT2D eigenvalue weighted by atomic mass is 15.1. The van der Waals surface area contributed by atoms with Gasteiger partial charge in [0.25, 0.3) is 0 Å². The molecule has 0 aliphatic carbocycles. The Bertz CT molecular complexity index is 3130. The second kappa shape index (κ2) is 14.4. The van der Waals surface area contributed by atoms with Gasteiger partial charge in [0.15, 0.2) is 0 Å².